The zero-order valence-electron chi connectivity index (χ0n) is 15.3. The summed E-state index contributed by atoms with van der Waals surface area (Å²) in [5, 5.41) is 7.64. The predicted molar refractivity (Wildman–Crippen MR) is 102 cm³/mol. The van der Waals surface area contributed by atoms with Crippen molar-refractivity contribution in [2.24, 2.45) is 7.05 Å². The number of carbonyl (C=O) groups excluding carboxylic acids is 1. The van der Waals surface area contributed by atoms with Gasteiger partial charge in [0.25, 0.3) is 5.91 Å². The van der Waals surface area contributed by atoms with Crippen molar-refractivity contribution >= 4 is 27.2 Å². The van der Waals surface area contributed by atoms with Gasteiger partial charge in [-0.15, -0.1) is 0 Å². The van der Waals surface area contributed by atoms with Crippen LogP contribution in [0.4, 0.5) is 11.5 Å². The smallest absolute Gasteiger partial charge is 0.250 e. The molecule has 0 spiro atoms. The largest absolute Gasteiger partial charge is 0.373 e. The number of piperidine rings is 1. The Kier molecular flexibility index (Phi) is 5.04. The van der Waals surface area contributed by atoms with Gasteiger partial charge < -0.3 is 5.32 Å². The van der Waals surface area contributed by atoms with Gasteiger partial charge >= 0.3 is 0 Å². The maximum Gasteiger partial charge on any atom is 0.250 e. The molecule has 0 aliphatic carbocycles. The molecule has 1 N–H and O–H groups in total. The molecule has 7 nitrogen and oxygen atoms in total. The molecule has 1 aromatic carbocycles. The van der Waals surface area contributed by atoms with Crippen molar-refractivity contribution in [1.29, 1.82) is 0 Å². The minimum absolute atomic E-state index is 0.00692. The number of nitrogens with one attached hydrogen (secondary N) is 1. The first-order valence-corrected chi connectivity index (χ1v) is 10.6. The van der Waals surface area contributed by atoms with E-state index in [4.69, 9.17) is 0 Å². The lowest BCUT2D eigenvalue weighted by Crippen LogP contribution is -2.48. The van der Waals surface area contributed by atoms with E-state index < -0.39 is 9.84 Å². The number of anilines is 2. The van der Waals surface area contributed by atoms with Gasteiger partial charge in [0.05, 0.1) is 5.75 Å². The fourth-order valence-corrected chi connectivity index (χ4v) is 4.13. The zero-order chi connectivity index (χ0) is 18.9. The number of benzene rings is 1. The van der Waals surface area contributed by atoms with Crippen molar-refractivity contribution in [3.63, 3.8) is 0 Å². The topological polar surface area (TPSA) is 84.3 Å². The van der Waals surface area contributed by atoms with Crippen molar-refractivity contribution in [3.05, 3.63) is 41.6 Å². The average Bonchev–Trinajstić information content (AvgIpc) is 2.98. The highest BCUT2D eigenvalue weighted by atomic mass is 32.2. The molecule has 1 saturated heterocycles. The van der Waals surface area contributed by atoms with Gasteiger partial charge in [0.15, 0.2) is 15.7 Å². The summed E-state index contributed by atoms with van der Waals surface area (Å²) in [5.74, 6) is 0.641. The Balaban J connectivity index is 1.80. The van der Waals surface area contributed by atoms with E-state index in [-0.39, 0.29) is 17.7 Å². The lowest BCUT2D eigenvalue weighted by Gasteiger charge is -2.32. The van der Waals surface area contributed by atoms with Crippen LogP contribution in [0.25, 0.3) is 0 Å². The minimum Gasteiger partial charge on any atom is -0.373 e. The number of aryl methyl sites for hydroxylation is 1. The summed E-state index contributed by atoms with van der Waals surface area (Å²) in [6.45, 7) is 2.54. The van der Waals surface area contributed by atoms with Crippen LogP contribution in [0.1, 0.15) is 24.0 Å². The first kappa shape index (κ1) is 18.4. The number of nitrogens with zero attached hydrogens (tertiary/aromatic N) is 3. The quantitative estimate of drug-likeness (QED) is 0.861. The number of sulfone groups is 1. The third-order valence-corrected chi connectivity index (χ3v) is 5.44. The molecule has 8 heteroatoms. The molecule has 3 rings (SSSR count). The number of hydrogen-bond acceptors (Lipinski definition) is 5. The molecule has 1 aromatic heterocycles. The van der Waals surface area contributed by atoms with Crippen LogP contribution in [0.2, 0.25) is 0 Å². The second kappa shape index (κ2) is 7.11. The van der Waals surface area contributed by atoms with E-state index in [2.05, 4.69) is 10.4 Å². The molecule has 0 radical (unpaired) electrons. The highest BCUT2D eigenvalue weighted by molar-refractivity contribution is 7.89. The number of hydrogen-bond donors (Lipinski definition) is 1. The zero-order valence-corrected chi connectivity index (χ0v) is 16.1. The highest BCUT2D eigenvalue weighted by Crippen LogP contribution is 2.25. The molecule has 1 atom stereocenters. The Hall–Kier alpha value is -2.35. The lowest BCUT2D eigenvalue weighted by atomic mass is 10.0. The summed E-state index contributed by atoms with van der Waals surface area (Å²) in [4.78, 5) is 14.6. The molecule has 0 bridgehead atoms. The number of aromatic nitrogens is 2. The molecule has 1 unspecified atom stereocenters. The van der Waals surface area contributed by atoms with Gasteiger partial charge in [-0.3, -0.25) is 14.4 Å². The van der Waals surface area contributed by atoms with Gasteiger partial charge in [0, 0.05) is 37.8 Å². The second-order valence-corrected chi connectivity index (χ2v) is 8.98. The fourth-order valence-electron chi connectivity index (χ4n) is 3.25. The minimum atomic E-state index is -3.12. The second-order valence-electron chi connectivity index (χ2n) is 6.84. The average molecular weight is 376 g/mol. The van der Waals surface area contributed by atoms with E-state index >= 15 is 0 Å². The Morgan fingerprint density at radius 1 is 1.31 bits per heavy atom. The van der Waals surface area contributed by atoms with E-state index in [0.717, 1.165) is 29.7 Å². The summed E-state index contributed by atoms with van der Waals surface area (Å²) in [5.41, 5.74) is 2.41. The summed E-state index contributed by atoms with van der Waals surface area (Å²) >= 11 is 0. The summed E-state index contributed by atoms with van der Waals surface area (Å²) < 4.78 is 24.9. The molecule has 0 saturated carbocycles. The van der Waals surface area contributed by atoms with Crippen LogP contribution >= 0.6 is 0 Å². The van der Waals surface area contributed by atoms with Crippen LogP contribution < -0.4 is 10.2 Å². The van der Waals surface area contributed by atoms with Gasteiger partial charge in [0.1, 0.15) is 6.04 Å². The number of amides is 1. The SMILES string of the molecule is Cc1c(CS(C)(=O)=O)cccc1NC1CCCN(c2ccn(C)n2)C1=O. The Labute approximate surface area is 153 Å². The third kappa shape index (κ3) is 4.07. The van der Waals surface area contributed by atoms with Gasteiger partial charge in [-0.2, -0.15) is 5.10 Å². The van der Waals surface area contributed by atoms with E-state index in [1.807, 2.05) is 44.4 Å². The van der Waals surface area contributed by atoms with Crippen LogP contribution in [0.15, 0.2) is 30.5 Å². The molecule has 2 aromatic rings. The van der Waals surface area contributed by atoms with Crippen LogP contribution in [0.3, 0.4) is 0 Å². The summed E-state index contributed by atoms with van der Waals surface area (Å²) in [6.07, 6.45) is 4.65. The number of carbonyl (C=O) groups is 1. The van der Waals surface area contributed by atoms with Crippen molar-refractivity contribution < 1.29 is 13.2 Å². The van der Waals surface area contributed by atoms with Crippen molar-refractivity contribution in [2.75, 3.05) is 23.0 Å². The normalized spacial score (nSPS) is 18.2. The Morgan fingerprint density at radius 2 is 2.08 bits per heavy atom. The molecule has 2 heterocycles. The third-order valence-electron chi connectivity index (χ3n) is 4.61. The molecule has 1 fully saturated rings. The molecule has 1 amide bonds. The molecule has 26 heavy (non-hydrogen) atoms. The summed E-state index contributed by atoms with van der Waals surface area (Å²) in [6, 6.07) is 6.99. The van der Waals surface area contributed by atoms with Gasteiger partial charge in [-0.05, 0) is 37.0 Å². The van der Waals surface area contributed by atoms with Crippen molar-refractivity contribution in [2.45, 2.75) is 31.6 Å². The first-order chi connectivity index (χ1) is 12.2. The monoisotopic (exact) mass is 376 g/mol. The van der Waals surface area contributed by atoms with Gasteiger partial charge in [0.2, 0.25) is 0 Å². The maximum absolute atomic E-state index is 12.9. The number of rotatable bonds is 5. The van der Waals surface area contributed by atoms with Crippen LogP contribution in [0, 0.1) is 6.92 Å². The van der Waals surface area contributed by atoms with Crippen LogP contribution in [0.5, 0.6) is 0 Å². The molecule has 140 valence electrons. The first-order valence-electron chi connectivity index (χ1n) is 8.58. The van der Waals surface area contributed by atoms with Crippen LogP contribution in [-0.4, -0.2) is 42.9 Å². The van der Waals surface area contributed by atoms with E-state index in [9.17, 15) is 13.2 Å². The fraction of sp³-hybridized carbons (Fsp3) is 0.444. The van der Waals surface area contributed by atoms with E-state index in [0.29, 0.717) is 12.4 Å². The molecule has 1 aliphatic heterocycles. The standard InChI is InChI=1S/C18H24N4O3S/c1-13-14(12-26(3,24)25)6-4-7-15(13)19-16-8-5-10-22(18(16)23)17-9-11-21(2)20-17/h4,6-7,9,11,16,19H,5,8,10,12H2,1-3H3. The van der Waals surface area contributed by atoms with Gasteiger partial charge in [-0.25, -0.2) is 8.42 Å². The molecular formula is C18H24N4O3S. The highest BCUT2D eigenvalue weighted by Gasteiger charge is 2.31. The van der Waals surface area contributed by atoms with Gasteiger partial charge in [-0.1, -0.05) is 12.1 Å². The Morgan fingerprint density at radius 3 is 2.73 bits per heavy atom. The van der Waals surface area contributed by atoms with Crippen LogP contribution in [-0.2, 0) is 27.4 Å². The van der Waals surface area contributed by atoms with Crippen molar-refractivity contribution in [3.8, 4) is 0 Å². The predicted octanol–water partition coefficient (Wildman–Crippen LogP) is 1.88. The molecular weight excluding hydrogens is 352 g/mol. The van der Waals surface area contributed by atoms with E-state index in [1.54, 1.807) is 9.58 Å². The van der Waals surface area contributed by atoms with E-state index in [1.165, 1.54) is 6.26 Å². The van der Waals surface area contributed by atoms with Crippen molar-refractivity contribution in [1.82, 2.24) is 9.78 Å². The maximum atomic E-state index is 12.9. The lowest BCUT2D eigenvalue weighted by molar-refractivity contribution is -0.120. The summed E-state index contributed by atoms with van der Waals surface area (Å²) in [7, 11) is -1.29. The molecule has 1 aliphatic rings. The Bertz CT molecular complexity index is 920.